The van der Waals surface area contributed by atoms with Gasteiger partial charge in [0, 0.05) is 33.2 Å². The Labute approximate surface area is 160 Å². The molecular formula is C17H24N4O3S2. The van der Waals surface area contributed by atoms with Gasteiger partial charge >= 0.3 is 5.97 Å². The fourth-order valence-corrected chi connectivity index (χ4v) is 5.34. The van der Waals surface area contributed by atoms with Crippen molar-refractivity contribution < 1.29 is 14.7 Å². The van der Waals surface area contributed by atoms with Crippen molar-refractivity contribution in [2.24, 2.45) is 0 Å². The lowest BCUT2D eigenvalue weighted by Crippen LogP contribution is -2.37. The van der Waals surface area contributed by atoms with Gasteiger partial charge in [-0.1, -0.05) is 11.3 Å². The van der Waals surface area contributed by atoms with Gasteiger partial charge in [-0.25, -0.2) is 4.98 Å². The molecule has 3 heterocycles. The van der Waals surface area contributed by atoms with Gasteiger partial charge in [0.25, 0.3) is 5.91 Å². The number of likely N-dealkylation sites (tertiary alicyclic amines) is 1. The first kappa shape index (κ1) is 19.1. The number of aliphatic carboxylic acids is 1. The topological polar surface area (TPSA) is 77.0 Å². The molecule has 1 amide bonds. The fourth-order valence-electron chi connectivity index (χ4n) is 3.24. The van der Waals surface area contributed by atoms with E-state index in [9.17, 15) is 9.59 Å². The first-order valence-corrected chi connectivity index (χ1v) is 10.3. The maximum atomic E-state index is 12.9. The lowest BCUT2D eigenvalue weighted by molar-refractivity contribution is -0.138. The molecule has 3 rings (SSSR count). The number of carbonyl (C=O) groups is 2. The average Bonchev–Trinajstić information content (AvgIpc) is 3.03. The second kappa shape index (κ2) is 7.89. The number of carbonyl (C=O) groups excluding carboxylic acids is 1. The molecule has 0 aliphatic carbocycles. The van der Waals surface area contributed by atoms with Crippen LogP contribution < -0.4 is 4.90 Å². The van der Waals surface area contributed by atoms with Gasteiger partial charge in [-0.2, -0.15) is 0 Å². The highest BCUT2D eigenvalue weighted by atomic mass is 32.1. The van der Waals surface area contributed by atoms with Gasteiger partial charge in [0.2, 0.25) is 0 Å². The Bertz CT molecular complexity index is 770. The van der Waals surface area contributed by atoms with E-state index in [-0.39, 0.29) is 18.5 Å². The summed E-state index contributed by atoms with van der Waals surface area (Å²) in [5, 5.41) is 9.91. The molecule has 0 aromatic carbocycles. The number of thiophene rings is 1. The number of aromatic nitrogens is 1. The molecular weight excluding hydrogens is 372 g/mol. The number of anilines is 1. The first-order valence-electron chi connectivity index (χ1n) is 8.64. The Morgan fingerprint density at radius 1 is 1.27 bits per heavy atom. The van der Waals surface area contributed by atoms with Crippen LogP contribution >= 0.6 is 22.7 Å². The molecule has 142 valence electrons. The Hall–Kier alpha value is -1.71. The minimum Gasteiger partial charge on any atom is -0.480 e. The number of fused-ring (bicyclic) bond motifs is 1. The van der Waals surface area contributed by atoms with Crippen LogP contribution in [0, 0.1) is 0 Å². The summed E-state index contributed by atoms with van der Waals surface area (Å²) in [4.78, 5) is 35.8. The van der Waals surface area contributed by atoms with Crippen LogP contribution in [0.25, 0.3) is 9.53 Å². The fraction of sp³-hybridized carbons (Fsp3) is 0.588. The molecule has 7 nitrogen and oxygen atoms in total. The molecule has 1 unspecified atom stereocenters. The van der Waals surface area contributed by atoms with Crippen LogP contribution in [-0.2, 0) is 4.79 Å². The summed E-state index contributed by atoms with van der Waals surface area (Å²) in [6.45, 7) is 1.42. The molecule has 2 aromatic heterocycles. The number of carboxylic acids is 1. The van der Waals surface area contributed by atoms with E-state index in [4.69, 9.17) is 5.11 Å². The smallest absolute Gasteiger partial charge is 0.317 e. The number of likely N-dealkylation sites (N-methyl/N-ethyl adjacent to an activating group) is 1. The van der Waals surface area contributed by atoms with Gasteiger partial charge in [0.15, 0.2) is 5.13 Å². The van der Waals surface area contributed by atoms with Crippen molar-refractivity contribution in [3.8, 4) is 0 Å². The summed E-state index contributed by atoms with van der Waals surface area (Å²) < 4.78 is 1.05. The molecule has 1 saturated heterocycles. The van der Waals surface area contributed by atoms with E-state index in [0.717, 1.165) is 45.3 Å². The minimum atomic E-state index is -0.812. The zero-order chi connectivity index (χ0) is 18.8. The predicted molar refractivity (Wildman–Crippen MR) is 106 cm³/mol. The van der Waals surface area contributed by atoms with Crippen LogP contribution in [0.1, 0.15) is 28.9 Å². The van der Waals surface area contributed by atoms with Gasteiger partial charge in [-0.15, -0.1) is 11.3 Å². The second-order valence-electron chi connectivity index (χ2n) is 6.86. The summed E-state index contributed by atoms with van der Waals surface area (Å²) >= 11 is 3.05. The van der Waals surface area contributed by atoms with Crippen LogP contribution in [0.2, 0.25) is 0 Å². The number of nitrogens with zero attached hydrogens (tertiary/aromatic N) is 4. The molecule has 9 heteroatoms. The summed E-state index contributed by atoms with van der Waals surface area (Å²) in [7, 11) is 5.77. The zero-order valence-electron chi connectivity index (χ0n) is 15.3. The Morgan fingerprint density at radius 3 is 2.69 bits per heavy atom. The number of thiazole rings is 1. The predicted octanol–water partition coefficient (Wildman–Crippen LogP) is 2.43. The number of hydrogen-bond acceptors (Lipinski definition) is 7. The van der Waals surface area contributed by atoms with E-state index >= 15 is 0 Å². The summed E-state index contributed by atoms with van der Waals surface area (Å²) in [5.74, 6) is -0.749. The maximum Gasteiger partial charge on any atom is 0.317 e. The molecule has 1 N–H and O–H groups in total. The van der Waals surface area contributed by atoms with Crippen molar-refractivity contribution in [1.29, 1.82) is 0 Å². The van der Waals surface area contributed by atoms with Gasteiger partial charge in [-0.3, -0.25) is 14.5 Å². The van der Waals surface area contributed by atoms with Crippen LogP contribution in [0.4, 0.5) is 5.13 Å². The molecule has 0 bridgehead atoms. The van der Waals surface area contributed by atoms with Crippen molar-refractivity contribution in [1.82, 2.24) is 14.8 Å². The number of rotatable bonds is 5. The van der Waals surface area contributed by atoms with E-state index in [1.54, 1.807) is 11.3 Å². The number of carboxylic acid groups (broad SMARTS) is 1. The SMILES string of the molecule is CN(C)c1nc2sc(C(=O)N3CCCC(N(C)CC(=O)O)CC3)cc2s1. The monoisotopic (exact) mass is 396 g/mol. The van der Waals surface area contributed by atoms with Gasteiger partial charge < -0.3 is 14.9 Å². The van der Waals surface area contributed by atoms with Gasteiger partial charge in [0.1, 0.15) is 4.83 Å². The highest BCUT2D eigenvalue weighted by molar-refractivity contribution is 7.29. The normalized spacial score (nSPS) is 18.3. The van der Waals surface area contributed by atoms with Crippen molar-refractivity contribution in [3.05, 3.63) is 10.9 Å². The highest BCUT2D eigenvalue weighted by Crippen LogP contribution is 2.34. The van der Waals surface area contributed by atoms with Crippen molar-refractivity contribution >= 4 is 49.2 Å². The third kappa shape index (κ3) is 4.16. The third-order valence-electron chi connectivity index (χ3n) is 4.66. The van der Waals surface area contributed by atoms with E-state index in [1.165, 1.54) is 11.3 Å². The third-order valence-corrected chi connectivity index (χ3v) is 6.98. The molecule has 0 saturated carbocycles. The van der Waals surface area contributed by atoms with E-state index < -0.39 is 5.97 Å². The first-order chi connectivity index (χ1) is 12.3. The molecule has 1 aliphatic rings. The molecule has 1 fully saturated rings. The molecule has 2 aromatic rings. The van der Waals surface area contributed by atoms with Crippen molar-refractivity contribution in [3.63, 3.8) is 0 Å². The number of amides is 1. The zero-order valence-corrected chi connectivity index (χ0v) is 16.9. The number of hydrogen-bond donors (Lipinski definition) is 1. The Morgan fingerprint density at radius 2 is 2.04 bits per heavy atom. The quantitative estimate of drug-likeness (QED) is 0.836. The molecule has 0 spiro atoms. The van der Waals surface area contributed by atoms with Crippen molar-refractivity contribution in [2.45, 2.75) is 25.3 Å². The van der Waals surface area contributed by atoms with E-state index in [2.05, 4.69) is 4.98 Å². The lowest BCUT2D eigenvalue weighted by Gasteiger charge is -2.25. The van der Waals surface area contributed by atoms with Crippen LogP contribution in [0.5, 0.6) is 0 Å². The highest BCUT2D eigenvalue weighted by Gasteiger charge is 2.26. The Balaban J connectivity index is 1.66. The summed E-state index contributed by atoms with van der Waals surface area (Å²) in [6, 6.07) is 2.16. The van der Waals surface area contributed by atoms with Crippen LogP contribution in [0.3, 0.4) is 0 Å². The van der Waals surface area contributed by atoms with E-state index in [0.29, 0.717) is 6.54 Å². The minimum absolute atomic E-state index is 0.0414. The van der Waals surface area contributed by atoms with Crippen LogP contribution in [-0.4, -0.2) is 78.6 Å². The van der Waals surface area contributed by atoms with Gasteiger partial charge in [0.05, 0.1) is 16.1 Å². The molecule has 1 aliphatic heterocycles. The largest absolute Gasteiger partial charge is 0.480 e. The molecule has 26 heavy (non-hydrogen) atoms. The van der Waals surface area contributed by atoms with E-state index in [1.807, 2.05) is 41.9 Å². The van der Waals surface area contributed by atoms with Gasteiger partial charge in [-0.05, 0) is 32.4 Å². The summed E-state index contributed by atoms with van der Waals surface area (Å²) in [5.41, 5.74) is 0. The standard InChI is InChI=1S/C17H24N4O3S2/c1-19(2)17-18-15-12(26-17)9-13(25-15)16(24)21-7-4-5-11(6-8-21)20(3)10-14(22)23/h9,11H,4-8,10H2,1-3H3,(H,22,23). The van der Waals surface area contributed by atoms with Crippen molar-refractivity contribution in [2.75, 3.05) is 45.7 Å². The molecule has 0 radical (unpaired) electrons. The average molecular weight is 397 g/mol. The Kier molecular flexibility index (Phi) is 5.79. The lowest BCUT2D eigenvalue weighted by atomic mass is 10.1. The van der Waals surface area contributed by atoms with Crippen LogP contribution in [0.15, 0.2) is 6.07 Å². The maximum absolute atomic E-state index is 12.9. The second-order valence-corrected chi connectivity index (χ2v) is 8.90. The summed E-state index contributed by atoms with van der Waals surface area (Å²) in [6.07, 6.45) is 2.61. The molecule has 1 atom stereocenters.